The molecule has 4 rings (SSSR count). The second kappa shape index (κ2) is 4.86. The summed E-state index contributed by atoms with van der Waals surface area (Å²) in [5, 5.41) is 6.36. The van der Waals surface area contributed by atoms with Gasteiger partial charge in [-0.1, -0.05) is 0 Å². The molecule has 0 aromatic carbocycles. The zero-order valence-electron chi connectivity index (χ0n) is 11.7. The standard InChI is InChI=1S/C14H19N5S/c1-15-14-16-12(11-4-9-20-13(11)17-14)19-7-5-18(6-8-19)10-2-3-10/h4,9-10H,2-3,5-8H2,1H3,(H,15,16,17). The van der Waals surface area contributed by atoms with Crippen molar-refractivity contribution < 1.29 is 0 Å². The second-order valence-electron chi connectivity index (χ2n) is 5.51. The Balaban J connectivity index is 1.62. The van der Waals surface area contributed by atoms with Crippen molar-refractivity contribution in [1.82, 2.24) is 14.9 Å². The van der Waals surface area contributed by atoms with Crippen LogP contribution in [-0.4, -0.2) is 54.1 Å². The van der Waals surface area contributed by atoms with Crippen LogP contribution in [-0.2, 0) is 0 Å². The van der Waals surface area contributed by atoms with Crippen LogP contribution in [0, 0.1) is 0 Å². The third-order valence-electron chi connectivity index (χ3n) is 4.21. The van der Waals surface area contributed by atoms with Gasteiger partial charge in [0.05, 0.1) is 5.39 Å². The van der Waals surface area contributed by atoms with Crippen LogP contribution in [0.3, 0.4) is 0 Å². The van der Waals surface area contributed by atoms with Crippen molar-refractivity contribution in [1.29, 1.82) is 0 Å². The van der Waals surface area contributed by atoms with Crippen LogP contribution in [0.5, 0.6) is 0 Å². The van der Waals surface area contributed by atoms with E-state index in [9.17, 15) is 0 Å². The zero-order chi connectivity index (χ0) is 13.5. The molecule has 1 aliphatic carbocycles. The smallest absolute Gasteiger partial charge is 0.225 e. The Hall–Kier alpha value is -1.40. The minimum Gasteiger partial charge on any atom is -0.357 e. The first kappa shape index (κ1) is 12.3. The number of nitrogens with one attached hydrogen (secondary N) is 1. The lowest BCUT2D eigenvalue weighted by molar-refractivity contribution is 0.248. The van der Waals surface area contributed by atoms with Gasteiger partial charge in [0, 0.05) is 39.3 Å². The summed E-state index contributed by atoms with van der Waals surface area (Å²) in [6.07, 6.45) is 2.79. The average molecular weight is 289 g/mol. The van der Waals surface area contributed by atoms with Crippen LogP contribution in [0.2, 0.25) is 0 Å². The zero-order valence-corrected chi connectivity index (χ0v) is 12.5. The predicted octanol–water partition coefficient (Wildman–Crippen LogP) is 2.02. The molecule has 5 nitrogen and oxygen atoms in total. The van der Waals surface area contributed by atoms with Crippen LogP contribution in [0.15, 0.2) is 11.4 Å². The number of fused-ring (bicyclic) bond motifs is 1. The van der Waals surface area contributed by atoms with Gasteiger partial charge in [-0.3, -0.25) is 4.90 Å². The number of aromatic nitrogens is 2. The van der Waals surface area contributed by atoms with E-state index in [0.29, 0.717) is 0 Å². The highest BCUT2D eigenvalue weighted by molar-refractivity contribution is 7.16. The molecule has 1 N–H and O–H groups in total. The molecule has 1 aliphatic heterocycles. The van der Waals surface area contributed by atoms with E-state index in [0.717, 1.165) is 48.8 Å². The molecule has 106 valence electrons. The Kier molecular flexibility index (Phi) is 3.00. The number of hydrogen-bond donors (Lipinski definition) is 1. The maximum Gasteiger partial charge on any atom is 0.225 e. The van der Waals surface area contributed by atoms with Gasteiger partial charge in [-0.05, 0) is 24.3 Å². The van der Waals surface area contributed by atoms with Crippen LogP contribution < -0.4 is 10.2 Å². The fourth-order valence-electron chi connectivity index (χ4n) is 2.93. The van der Waals surface area contributed by atoms with Crippen LogP contribution in [0.25, 0.3) is 10.2 Å². The summed E-state index contributed by atoms with van der Waals surface area (Å²) in [5.41, 5.74) is 0. The molecular weight excluding hydrogens is 270 g/mol. The highest BCUT2D eigenvalue weighted by Crippen LogP contribution is 2.32. The number of thiophene rings is 1. The average Bonchev–Trinajstić information content (AvgIpc) is 3.24. The summed E-state index contributed by atoms with van der Waals surface area (Å²) < 4.78 is 0. The lowest BCUT2D eigenvalue weighted by atomic mass is 10.2. The summed E-state index contributed by atoms with van der Waals surface area (Å²) in [6, 6.07) is 3.01. The quantitative estimate of drug-likeness (QED) is 0.936. The van der Waals surface area contributed by atoms with Crippen molar-refractivity contribution in [2.24, 2.45) is 0 Å². The van der Waals surface area contributed by atoms with Gasteiger partial charge in [-0.25, -0.2) is 4.98 Å². The molecule has 0 spiro atoms. The SMILES string of the molecule is CNc1nc(N2CCN(C3CC3)CC2)c2ccsc2n1. The van der Waals surface area contributed by atoms with Gasteiger partial charge >= 0.3 is 0 Å². The first-order chi connectivity index (χ1) is 9.85. The van der Waals surface area contributed by atoms with Crippen LogP contribution in [0.1, 0.15) is 12.8 Å². The fraction of sp³-hybridized carbons (Fsp3) is 0.571. The van der Waals surface area contributed by atoms with E-state index in [2.05, 4.69) is 31.5 Å². The molecule has 20 heavy (non-hydrogen) atoms. The van der Waals surface area contributed by atoms with Gasteiger partial charge < -0.3 is 10.2 Å². The molecule has 0 bridgehead atoms. The summed E-state index contributed by atoms with van der Waals surface area (Å²) in [4.78, 5) is 15.3. The number of piperazine rings is 1. The highest BCUT2D eigenvalue weighted by Gasteiger charge is 2.31. The Morgan fingerprint density at radius 1 is 1.20 bits per heavy atom. The maximum absolute atomic E-state index is 4.69. The minimum atomic E-state index is 0.722. The van der Waals surface area contributed by atoms with Gasteiger partial charge in [-0.2, -0.15) is 4.98 Å². The van der Waals surface area contributed by atoms with Crippen molar-refractivity contribution >= 4 is 33.3 Å². The Bertz CT molecular complexity index is 613. The van der Waals surface area contributed by atoms with Gasteiger partial charge in [0.25, 0.3) is 0 Å². The van der Waals surface area contributed by atoms with Crippen LogP contribution in [0.4, 0.5) is 11.8 Å². The van der Waals surface area contributed by atoms with Gasteiger partial charge in [0.15, 0.2) is 0 Å². The van der Waals surface area contributed by atoms with Crippen molar-refractivity contribution in [3.63, 3.8) is 0 Å². The van der Waals surface area contributed by atoms with E-state index in [1.807, 2.05) is 7.05 Å². The molecule has 1 saturated heterocycles. The molecule has 1 saturated carbocycles. The summed E-state index contributed by atoms with van der Waals surface area (Å²) in [5.74, 6) is 1.82. The third kappa shape index (κ3) is 2.13. The molecule has 0 amide bonds. The molecule has 0 atom stereocenters. The Morgan fingerprint density at radius 3 is 2.70 bits per heavy atom. The van der Waals surface area contributed by atoms with Gasteiger partial charge in [0.2, 0.25) is 5.95 Å². The molecule has 2 fully saturated rings. The normalized spacial score (nSPS) is 20.6. The predicted molar refractivity (Wildman–Crippen MR) is 83.8 cm³/mol. The molecule has 0 unspecified atom stereocenters. The molecule has 2 aromatic heterocycles. The van der Waals surface area contributed by atoms with Gasteiger partial charge in [0.1, 0.15) is 10.6 Å². The molecule has 3 heterocycles. The number of anilines is 2. The largest absolute Gasteiger partial charge is 0.357 e. The topological polar surface area (TPSA) is 44.3 Å². The minimum absolute atomic E-state index is 0.722. The summed E-state index contributed by atoms with van der Waals surface area (Å²) in [7, 11) is 1.88. The van der Waals surface area contributed by atoms with E-state index >= 15 is 0 Å². The molecular formula is C14H19N5S. The van der Waals surface area contributed by atoms with E-state index in [1.165, 1.54) is 18.2 Å². The van der Waals surface area contributed by atoms with Crippen molar-refractivity contribution in [2.45, 2.75) is 18.9 Å². The second-order valence-corrected chi connectivity index (χ2v) is 6.41. The monoisotopic (exact) mass is 289 g/mol. The molecule has 2 aromatic rings. The molecule has 0 radical (unpaired) electrons. The lowest BCUT2D eigenvalue weighted by Gasteiger charge is -2.35. The van der Waals surface area contributed by atoms with E-state index in [-0.39, 0.29) is 0 Å². The molecule has 2 aliphatic rings. The lowest BCUT2D eigenvalue weighted by Crippen LogP contribution is -2.47. The van der Waals surface area contributed by atoms with E-state index in [4.69, 9.17) is 4.98 Å². The van der Waals surface area contributed by atoms with Crippen molar-refractivity contribution in [3.8, 4) is 0 Å². The Morgan fingerprint density at radius 2 is 2.00 bits per heavy atom. The first-order valence-corrected chi connectivity index (χ1v) is 8.15. The Labute approximate surface area is 122 Å². The van der Waals surface area contributed by atoms with Crippen molar-refractivity contribution in [3.05, 3.63) is 11.4 Å². The van der Waals surface area contributed by atoms with Gasteiger partial charge in [-0.15, -0.1) is 11.3 Å². The first-order valence-electron chi connectivity index (χ1n) is 7.27. The summed E-state index contributed by atoms with van der Waals surface area (Å²) >= 11 is 1.68. The highest BCUT2D eigenvalue weighted by atomic mass is 32.1. The maximum atomic E-state index is 4.69. The number of hydrogen-bond acceptors (Lipinski definition) is 6. The number of rotatable bonds is 3. The van der Waals surface area contributed by atoms with Crippen LogP contribution >= 0.6 is 11.3 Å². The third-order valence-corrected chi connectivity index (χ3v) is 5.01. The molecule has 6 heteroatoms. The van der Waals surface area contributed by atoms with E-state index < -0.39 is 0 Å². The van der Waals surface area contributed by atoms with Crippen molar-refractivity contribution in [2.75, 3.05) is 43.4 Å². The number of nitrogens with zero attached hydrogens (tertiary/aromatic N) is 4. The van der Waals surface area contributed by atoms with E-state index in [1.54, 1.807) is 11.3 Å². The fourth-order valence-corrected chi connectivity index (χ4v) is 3.69. The summed E-state index contributed by atoms with van der Waals surface area (Å²) in [6.45, 7) is 4.47.